The molecular formula is C27H22Cl2N6O2. The zero-order chi connectivity index (χ0) is 26.5. The van der Waals surface area contributed by atoms with Gasteiger partial charge in [-0.25, -0.2) is 9.97 Å². The molecule has 1 unspecified atom stereocenters. The predicted molar refractivity (Wildman–Crippen MR) is 146 cm³/mol. The molecule has 3 aromatic carbocycles. The SMILES string of the molecule is CCc1ccccc1Nc1ncnc(Nc2cc(Cl)c(C(C#N)c3ccc(Cl)cc3)cc2C)c1[N+](=O)[O-]. The molecule has 0 saturated heterocycles. The first-order chi connectivity index (χ1) is 17.8. The van der Waals surface area contributed by atoms with E-state index in [1.807, 2.05) is 38.1 Å². The number of para-hydroxylation sites is 1. The lowest BCUT2D eigenvalue weighted by Gasteiger charge is -2.17. The van der Waals surface area contributed by atoms with Crippen LogP contribution in [0.1, 0.15) is 35.1 Å². The van der Waals surface area contributed by atoms with Crippen molar-refractivity contribution in [1.82, 2.24) is 9.97 Å². The van der Waals surface area contributed by atoms with Crippen molar-refractivity contribution in [3.63, 3.8) is 0 Å². The van der Waals surface area contributed by atoms with Gasteiger partial charge >= 0.3 is 5.69 Å². The van der Waals surface area contributed by atoms with Gasteiger partial charge in [-0.05, 0) is 59.9 Å². The summed E-state index contributed by atoms with van der Waals surface area (Å²) in [7, 11) is 0. The van der Waals surface area contributed by atoms with E-state index in [-0.39, 0.29) is 17.3 Å². The fourth-order valence-electron chi connectivity index (χ4n) is 3.98. The molecule has 0 fully saturated rings. The topological polar surface area (TPSA) is 117 Å². The molecule has 8 nitrogen and oxygen atoms in total. The quantitative estimate of drug-likeness (QED) is 0.176. The summed E-state index contributed by atoms with van der Waals surface area (Å²) in [5, 5.41) is 28.9. The van der Waals surface area contributed by atoms with Crippen LogP contribution in [0.25, 0.3) is 0 Å². The van der Waals surface area contributed by atoms with Crippen molar-refractivity contribution in [2.75, 3.05) is 10.6 Å². The Hall–Kier alpha value is -4.19. The van der Waals surface area contributed by atoms with E-state index in [9.17, 15) is 15.4 Å². The Morgan fingerprint density at radius 1 is 1.03 bits per heavy atom. The van der Waals surface area contributed by atoms with Crippen molar-refractivity contribution in [3.8, 4) is 6.07 Å². The minimum absolute atomic E-state index is 0.0120. The second kappa shape index (κ2) is 11.2. The summed E-state index contributed by atoms with van der Waals surface area (Å²) in [5.74, 6) is -0.533. The molecule has 4 rings (SSSR count). The third-order valence-corrected chi connectivity index (χ3v) is 6.48. The lowest BCUT2D eigenvalue weighted by Crippen LogP contribution is -2.07. The Kier molecular flexibility index (Phi) is 7.87. The number of aromatic nitrogens is 2. The van der Waals surface area contributed by atoms with Crippen LogP contribution in [0.3, 0.4) is 0 Å². The first kappa shape index (κ1) is 25.9. The van der Waals surface area contributed by atoms with Crippen molar-refractivity contribution in [2.45, 2.75) is 26.2 Å². The molecule has 186 valence electrons. The van der Waals surface area contributed by atoms with Gasteiger partial charge in [-0.2, -0.15) is 5.26 Å². The van der Waals surface area contributed by atoms with Gasteiger partial charge < -0.3 is 10.6 Å². The van der Waals surface area contributed by atoms with Crippen LogP contribution in [-0.4, -0.2) is 14.9 Å². The molecule has 0 spiro atoms. The van der Waals surface area contributed by atoms with Gasteiger partial charge in [0.05, 0.1) is 16.9 Å². The maximum Gasteiger partial charge on any atom is 0.353 e. The molecule has 10 heteroatoms. The molecule has 1 heterocycles. The van der Waals surface area contributed by atoms with Crippen LogP contribution in [0.15, 0.2) is 67.0 Å². The van der Waals surface area contributed by atoms with Crippen LogP contribution in [0, 0.1) is 28.4 Å². The summed E-state index contributed by atoms with van der Waals surface area (Å²) in [6.07, 6.45) is 2.00. The van der Waals surface area contributed by atoms with E-state index in [1.165, 1.54) is 6.33 Å². The molecule has 0 aliphatic carbocycles. The second-order valence-electron chi connectivity index (χ2n) is 8.24. The molecule has 0 aliphatic rings. The van der Waals surface area contributed by atoms with Crippen LogP contribution in [0.2, 0.25) is 10.0 Å². The first-order valence-electron chi connectivity index (χ1n) is 11.4. The summed E-state index contributed by atoms with van der Waals surface area (Å²) in [6.45, 7) is 3.82. The van der Waals surface area contributed by atoms with Gasteiger partial charge in [-0.1, -0.05) is 66.5 Å². The van der Waals surface area contributed by atoms with Gasteiger partial charge in [0.25, 0.3) is 0 Å². The number of benzene rings is 3. The maximum absolute atomic E-state index is 12.1. The Labute approximate surface area is 224 Å². The number of nitrogens with zero attached hydrogens (tertiary/aromatic N) is 4. The Balaban J connectivity index is 1.69. The maximum atomic E-state index is 12.1. The highest BCUT2D eigenvalue weighted by Crippen LogP contribution is 2.38. The van der Waals surface area contributed by atoms with E-state index >= 15 is 0 Å². The summed E-state index contributed by atoms with van der Waals surface area (Å²) in [5.41, 5.74) is 4.04. The van der Waals surface area contributed by atoms with E-state index in [4.69, 9.17) is 23.2 Å². The molecule has 2 N–H and O–H groups in total. The monoisotopic (exact) mass is 532 g/mol. The zero-order valence-electron chi connectivity index (χ0n) is 20.0. The normalized spacial score (nSPS) is 11.4. The predicted octanol–water partition coefficient (Wildman–Crippen LogP) is 7.71. The lowest BCUT2D eigenvalue weighted by molar-refractivity contribution is -0.383. The van der Waals surface area contributed by atoms with E-state index in [0.717, 1.165) is 28.8 Å². The van der Waals surface area contributed by atoms with E-state index in [2.05, 4.69) is 26.7 Å². The molecule has 0 bridgehead atoms. The standard InChI is InChI=1S/C27H22Cl2N6O2/c1-3-17-6-4-5-7-23(17)33-26-25(35(36)37)27(32-15-31-26)34-24-13-22(29)20(12-16(24)2)21(14-30)18-8-10-19(28)11-9-18/h4-13,15,21H,3H2,1-2H3,(H2,31,32,33,34). The molecule has 37 heavy (non-hydrogen) atoms. The minimum Gasteiger partial charge on any atom is -0.334 e. The van der Waals surface area contributed by atoms with Crippen molar-refractivity contribution >= 4 is 51.9 Å². The average Bonchev–Trinajstić information content (AvgIpc) is 2.88. The summed E-state index contributed by atoms with van der Waals surface area (Å²) in [4.78, 5) is 19.8. The second-order valence-corrected chi connectivity index (χ2v) is 9.08. The number of hydrogen-bond acceptors (Lipinski definition) is 7. The number of anilines is 4. The van der Waals surface area contributed by atoms with Gasteiger partial charge in [-0.3, -0.25) is 10.1 Å². The number of rotatable bonds is 8. The van der Waals surface area contributed by atoms with Gasteiger partial charge in [0.15, 0.2) is 0 Å². The molecule has 0 radical (unpaired) electrons. The van der Waals surface area contributed by atoms with Crippen LogP contribution in [-0.2, 0) is 6.42 Å². The molecule has 1 atom stereocenters. The Morgan fingerprint density at radius 3 is 2.30 bits per heavy atom. The fraction of sp³-hybridized carbons (Fsp3) is 0.148. The van der Waals surface area contributed by atoms with Crippen molar-refractivity contribution in [2.24, 2.45) is 0 Å². The van der Waals surface area contributed by atoms with Crippen LogP contribution < -0.4 is 10.6 Å². The molecule has 1 aromatic heterocycles. The highest BCUT2D eigenvalue weighted by atomic mass is 35.5. The Bertz CT molecular complexity index is 1500. The highest BCUT2D eigenvalue weighted by Gasteiger charge is 2.25. The van der Waals surface area contributed by atoms with Gasteiger partial charge in [0.1, 0.15) is 6.33 Å². The van der Waals surface area contributed by atoms with Gasteiger partial charge in [0.2, 0.25) is 11.6 Å². The van der Waals surface area contributed by atoms with Gasteiger partial charge in [0, 0.05) is 21.4 Å². The van der Waals surface area contributed by atoms with Crippen molar-refractivity contribution < 1.29 is 4.92 Å². The molecule has 4 aromatic rings. The zero-order valence-corrected chi connectivity index (χ0v) is 21.5. The minimum atomic E-state index is -0.611. The van der Waals surface area contributed by atoms with Crippen molar-refractivity contribution in [1.29, 1.82) is 5.26 Å². The number of nitrogens with one attached hydrogen (secondary N) is 2. The third kappa shape index (κ3) is 5.64. The van der Waals surface area contributed by atoms with Crippen LogP contribution in [0.4, 0.5) is 28.7 Å². The average molecular weight is 533 g/mol. The van der Waals surface area contributed by atoms with E-state index in [1.54, 1.807) is 36.4 Å². The Morgan fingerprint density at radius 2 is 1.68 bits per heavy atom. The van der Waals surface area contributed by atoms with Gasteiger partial charge in [-0.15, -0.1) is 0 Å². The summed E-state index contributed by atoms with van der Waals surface area (Å²) < 4.78 is 0. The van der Waals surface area contributed by atoms with E-state index in [0.29, 0.717) is 21.3 Å². The lowest BCUT2D eigenvalue weighted by atomic mass is 9.91. The number of aryl methyl sites for hydroxylation is 2. The number of hydrogen-bond donors (Lipinski definition) is 2. The molecule has 0 aliphatic heterocycles. The smallest absolute Gasteiger partial charge is 0.334 e. The number of nitriles is 1. The van der Waals surface area contributed by atoms with Crippen LogP contribution >= 0.6 is 23.2 Å². The molecule has 0 saturated carbocycles. The molecular weight excluding hydrogens is 511 g/mol. The van der Waals surface area contributed by atoms with E-state index < -0.39 is 10.8 Å². The summed E-state index contributed by atoms with van der Waals surface area (Å²) >= 11 is 12.6. The van der Waals surface area contributed by atoms with Crippen LogP contribution in [0.5, 0.6) is 0 Å². The number of halogens is 2. The third-order valence-electron chi connectivity index (χ3n) is 5.90. The number of nitro groups is 1. The highest BCUT2D eigenvalue weighted by molar-refractivity contribution is 6.32. The first-order valence-corrected chi connectivity index (χ1v) is 12.1. The fourth-order valence-corrected chi connectivity index (χ4v) is 4.38. The summed E-state index contributed by atoms with van der Waals surface area (Å²) in [6, 6.07) is 20.3. The largest absolute Gasteiger partial charge is 0.353 e. The molecule has 0 amide bonds. The van der Waals surface area contributed by atoms with Crippen molar-refractivity contribution in [3.05, 3.63) is 109 Å².